The van der Waals surface area contributed by atoms with Crippen molar-refractivity contribution in [2.24, 2.45) is 10.8 Å². The second-order valence-corrected chi connectivity index (χ2v) is 5.68. The van der Waals surface area contributed by atoms with Crippen molar-refractivity contribution >= 4 is 18.0 Å². The molecule has 0 saturated heterocycles. The van der Waals surface area contributed by atoms with Crippen LogP contribution in [0.2, 0.25) is 0 Å². The summed E-state index contributed by atoms with van der Waals surface area (Å²) >= 11 is 0. The van der Waals surface area contributed by atoms with Crippen LogP contribution in [0.15, 0.2) is 5.10 Å². The Balaban J connectivity index is 4.14. The number of carbonyl (C=O) groups excluding carboxylic acids is 1. The van der Waals surface area contributed by atoms with Crippen LogP contribution in [0.25, 0.3) is 0 Å². The molecule has 0 radical (unpaired) electrons. The van der Waals surface area contributed by atoms with Gasteiger partial charge in [-0.05, 0) is 40.0 Å². The van der Waals surface area contributed by atoms with Crippen LogP contribution in [0.1, 0.15) is 40.0 Å². The quantitative estimate of drug-likeness (QED) is 0.161. The summed E-state index contributed by atoms with van der Waals surface area (Å²) in [6.45, 7) is 5.31. The van der Waals surface area contributed by atoms with Crippen LogP contribution in [0.5, 0.6) is 0 Å². The molecule has 0 aliphatic heterocycles. The highest BCUT2D eigenvalue weighted by Gasteiger charge is 2.23. The Labute approximate surface area is 133 Å². The molecule has 0 rings (SSSR count). The number of nitro groups is 1. The molecular weight excluding hydrogens is 310 g/mol. The van der Waals surface area contributed by atoms with Crippen molar-refractivity contribution in [2.45, 2.75) is 51.7 Å². The van der Waals surface area contributed by atoms with Gasteiger partial charge in [-0.3, -0.25) is 0 Å². The van der Waals surface area contributed by atoms with Gasteiger partial charge in [-0.2, -0.15) is 0 Å². The van der Waals surface area contributed by atoms with E-state index >= 15 is 0 Å². The number of guanidine groups is 1. The van der Waals surface area contributed by atoms with Gasteiger partial charge in [-0.15, -0.1) is 0 Å². The summed E-state index contributed by atoms with van der Waals surface area (Å²) in [7, 11) is 0. The van der Waals surface area contributed by atoms with E-state index in [9.17, 15) is 19.7 Å². The number of nitrogens with one attached hydrogen (secondary N) is 2. The standard InChI is InChI=1S/C12H23N5O6/c1-12(2,3)23-11(20)15-8(9(18)19)6-4-5-7-14-10(13)16-17(21)22/h8H,4-7H2,1-3H3,(H,15,20)(H,18,19)(H3,13,14,16)/t8-/m1/s1. The number of hydrazone groups is 1. The van der Waals surface area contributed by atoms with E-state index < -0.39 is 28.7 Å². The molecule has 0 aliphatic rings. The topological polar surface area (TPSA) is 169 Å². The van der Waals surface area contributed by atoms with E-state index in [1.54, 1.807) is 20.8 Å². The zero-order chi connectivity index (χ0) is 18.0. The van der Waals surface area contributed by atoms with Crippen LogP contribution in [0.3, 0.4) is 0 Å². The zero-order valence-corrected chi connectivity index (χ0v) is 13.4. The normalized spacial score (nSPS) is 13.1. The molecule has 5 N–H and O–H groups in total. The number of hydrogen-bond donors (Lipinski definition) is 4. The van der Waals surface area contributed by atoms with Gasteiger partial charge in [0.1, 0.15) is 16.7 Å². The molecule has 0 spiro atoms. The Hall–Kier alpha value is -2.59. The van der Waals surface area contributed by atoms with E-state index in [1.165, 1.54) is 0 Å². The number of nitrogens with two attached hydrogens (primary N) is 1. The number of alkyl carbamates (subject to hydrolysis) is 1. The molecule has 0 heterocycles. The van der Waals surface area contributed by atoms with Gasteiger partial charge in [0, 0.05) is 6.54 Å². The smallest absolute Gasteiger partial charge is 0.408 e. The third-order valence-electron chi connectivity index (χ3n) is 2.40. The number of hydrogen-bond acceptors (Lipinski definition) is 5. The Morgan fingerprint density at radius 2 is 2.00 bits per heavy atom. The minimum atomic E-state index is -1.17. The Kier molecular flexibility index (Phi) is 8.37. The summed E-state index contributed by atoms with van der Waals surface area (Å²) in [6.07, 6.45) is 0.326. The second kappa shape index (κ2) is 9.43. The summed E-state index contributed by atoms with van der Waals surface area (Å²) in [4.78, 5) is 32.7. The van der Waals surface area contributed by atoms with Gasteiger partial charge in [0.05, 0.1) is 0 Å². The van der Waals surface area contributed by atoms with Gasteiger partial charge >= 0.3 is 12.1 Å². The summed E-state index contributed by atoms with van der Waals surface area (Å²) in [6, 6.07) is -1.07. The van der Waals surface area contributed by atoms with Crippen LogP contribution in [-0.4, -0.2) is 46.3 Å². The number of aliphatic carboxylic acids is 1. The first kappa shape index (κ1) is 20.4. The molecule has 0 unspecified atom stereocenters. The summed E-state index contributed by atoms with van der Waals surface area (Å²) in [5, 5.41) is 25.8. The van der Waals surface area contributed by atoms with E-state index in [2.05, 4.69) is 15.7 Å². The van der Waals surface area contributed by atoms with Gasteiger partial charge in [-0.25, -0.2) is 19.7 Å². The Morgan fingerprint density at radius 1 is 1.39 bits per heavy atom. The minimum Gasteiger partial charge on any atom is -0.480 e. The van der Waals surface area contributed by atoms with Crippen LogP contribution in [0, 0.1) is 10.1 Å². The highest BCUT2D eigenvalue weighted by atomic mass is 16.7. The maximum Gasteiger partial charge on any atom is 0.408 e. The van der Waals surface area contributed by atoms with Crippen molar-refractivity contribution in [3.8, 4) is 0 Å². The number of ether oxygens (including phenoxy) is 1. The maximum absolute atomic E-state index is 11.5. The van der Waals surface area contributed by atoms with Crippen LogP contribution >= 0.6 is 0 Å². The first-order valence-corrected chi connectivity index (χ1v) is 6.96. The SMILES string of the molecule is CC(C)(C)OC(=O)N[C@H](CCCCN/C(N)=N/[N+](=O)[O-])C(=O)O. The van der Waals surface area contributed by atoms with E-state index in [4.69, 9.17) is 15.6 Å². The van der Waals surface area contributed by atoms with E-state index in [0.717, 1.165) is 0 Å². The molecule has 0 saturated carbocycles. The number of carboxylic acid groups (broad SMARTS) is 1. The van der Waals surface area contributed by atoms with Crippen LogP contribution < -0.4 is 16.4 Å². The monoisotopic (exact) mass is 333 g/mol. The highest BCUT2D eigenvalue weighted by molar-refractivity contribution is 5.80. The molecule has 11 nitrogen and oxygen atoms in total. The lowest BCUT2D eigenvalue weighted by Gasteiger charge is -2.22. The molecule has 0 aromatic carbocycles. The Bertz CT molecular complexity index is 459. The van der Waals surface area contributed by atoms with Crippen molar-refractivity contribution < 1.29 is 24.5 Å². The van der Waals surface area contributed by atoms with Gasteiger partial charge in [0.25, 0.3) is 5.96 Å². The van der Waals surface area contributed by atoms with Gasteiger partial charge < -0.3 is 26.2 Å². The van der Waals surface area contributed by atoms with Crippen molar-refractivity contribution in [2.75, 3.05) is 6.54 Å². The minimum absolute atomic E-state index is 0.183. The van der Waals surface area contributed by atoms with Crippen LogP contribution in [-0.2, 0) is 9.53 Å². The number of nitrogens with zero attached hydrogens (tertiary/aromatic N) is 2. The van der Waals surface area contributed by atoms with E-state index in [1.807, 2.05) is 0 Å². The third kappa shape index (κ3) is 11.7. The molecular formula is C12H23N5O6. The van der Waals surface area contributed by atoms with E-state index in [0.29, 0.717) is 19.4 Å². The van der Waals surface area contributed by atoms with Crippen molar-refractivity contribution in [1.82, 2.24) is 10.6 Å². The Morgan fingerprint density at radius 3 is 2.48 bits per heavy atom. The first-order chi connectivity index (χ1) is 10.5. The number of amides is 1. The van der Waals surface area contributed by atoms with E-state index in [-0.39, 0.29) is 12.4 Å². The average molecular weight is 333 g/mol. The van der Waals surface area contributed by atoms with Gasteiger partial charge in [0.2, 0.25) is 0 Å². The molecule has 0 aliphatic carbocycles. The lowest BCUT2D eigenvalue weighted by atomic mass is 10.1. The van der Waals surface area contributed by atoms with Crippen molar-refractivity contribution in [3.63, 3.8) is 0 Å². The number of rotatable bonds is 8. The first-order valence-electron chi connectivity index (χ1n) is 6.96. The fourth-order valence-corrected chi connectivity index (χ4v) is 1.52. The number of unbranched alkanes of at least 4 members (excludes halogenated alkanes) is 1. The molecule has 23 heavy (non-hydrogen) atoms. The van der Waals surface area contributed by atoms with Crippen LogP contribution in [0.4, 0.5) is 4.79 Å². The number of carbonyl (C=O) groups is 2. The maximum atomic E-state index is 11.5. The molecule has 0 aromatic heterocycles. The molecule has 132 valence electrons. The number of carboxylic acids is 1. The van der Waals surface area contributed by atoms with Gasteiger partial charge in [-0.1, -0.05) is 0 Å². The predicted octanol–water partition coefficient (Wildman–Crippen LogP) is 0.231. The summed E-state index contributed by atoms with van der Waals surface area (Å²) in [5.41, 5.74) is 4.50. The fourth-order valence-electron chi connectivity index (χ4n) is 1.52. The molecule has 0 bridgehead atoms. The lowest BCUT2D eigenvalue weighted by molar-refractivity contribution is -0.485. The largest absolute Gasteiger partial charge is 0.480 e. The highest BCUT2D eigenvalue weighted by Crippen LogP contribution is 2.08. The lowest BCUT2D eigenvalue weighted by Crippen LogP contribution is -2.43. The zero-order valence-electron chi connectivity index (χ0n) is 13.4. The molecule has 1 amide bonds. The van der Waals surface area contributed by atoms with Crippen molar-refractivity contribution in [3.05, 3.63) is 10.1 Å². The predicted molar refractivity (Wildman–Crippen MR) is 81.3 cm³/mol. The molecule has 1 atom stereocenters. The second-order valence-electron chi connectivity index (χ2n) is 5.68. The fraction of sp³-hybridized carbons (Fsp3) is 0.750. The average Bonchev–Trinajstić information content (AvgIpc) is 2.33. The molecule has 0 aromatic rings. The summed E-state index contributed by atoms with van der Waals surface area (Å²) in [5.74, 6) is -1.49. The molecule has 11 heteroatoms. The third-order valence-corrected chi connectivity index (χ3v) is 2.40. The summed E-state index contributed by atoms with van der Waals surface area (Å²) < 4.78 is 4.99. The van der Waals surface area contributed by atoms with Crippen molar-refractivity contribution in [1.29, 1.82) is 0 Å². The van der Waals surface area contributed by atoms with Gasteiger partial charge in [0.15, 0.2) is 5.03 Å². The molecule has 0 fully saturated rings.